The number of likely N-dealkylation sites (tertiary alicyclic amines) is 1. The SMILES string of the molecule is Cn1c(C(=O)N2CC[C@@H]3OCc4cnnn4[C@@H]3C2)cc2ccc(Cl)cc21. The number of hydrogen-bond donors (Lipinski definition) is 0. The van der Waals surface area contributed by atoms with E-state index in [0.717, 1.165) is 23.0 Å². The molecule has 0 spiro atoms. The number of nitrogens with zero attached hydrogens (tertiary/aromatic N) is 5. The van der Waals surface area contributed by atoms with Crippen LogP contribution in [0.15, 0.2) is 30.5 Å². The molecule has 2 atom stereocenters. The van der Waals surface area contributed by atoms with Gasteiger partial charge in [0.05, 0.1) is 30.6 Å². The summed E-state index contributed by atoms with van der Waals surface area (Å²) in [5, 5.41) is 9.86. The lowest BCUT2D eigenvalue weighted by molar-refractivity contribution is -0.0606. The Kier molecular flexibility index (Phi) is 3.55. The van der Waals surface area contributed by atoms with E-state index in [-0.39, 0.29) is 18.1 Å². The first kappa shape index (κ1) is 15.8. The normalized spacial score (nSPS) is 22.3. The number of rotatable bonds is 1. The van der Waals surface area contributed by atoms with Crippen LogP contribution in [0.4, 0.5) is 0 Å². The molecule has 1 fully saturated rings. The molecule has 1 saturated heterocycles. The lowest BCUT2D eigenvalue weighted by atomic mass is 10.00. The van der Waals surface area contributed by atoms with Crippen LogP contribution in [0.2, 0.25) is 5.02 Å². The highest BCUT2D eigenvalue weighted by Crippen LogP contribution is 2.31. The van der Waals surface area contributed by atoms with Gasteiger partial charge in [0, 0.05) is 36.1 Å². The first-order chi connectivity index (χ1) is 12.6. The molecule has 0 aliphatic carbocycles. The monoisotopic (exact) mass is 371 g/mol. The lowest BCUT2D eigenvalue weighted by Gasteiger charge is -2.41. The second-order valence-electron chi connectivity index (χ2n) is 6.92. The number of fused-ring (bicyclic) bond motifs is 4. The number of benzene rings is 1. The van der Waals surface area contributed by atoms with E-state index in [0.29, 0.717) is 30.4 Å². The summed E-state index contributed by atoms with van der Waals surface area (Å²) in [6.07, 6.45) is 2.61. The Hall–Kier alpha value is -2.38. The number of amides is 1. The summed E-state index contributed by atoms with van der Waals surface area (Å²) in [5.41, 5.74) is 2.58. The van der Waals surface area contributed by atoms with Crippen LogP contribution < -0.4 is 0 Å². The second kappa shape index (κ2) is 5.82. The number of piperidine rings is 1. The van der Waals surface area contributed by atoms with Crippen molar-refractivity contribution < 1.29 is 9.53 Å². The summed E-state index contributed by atoms with van der Waals surface area (Å²) in [6, 6.07) is 7.62. The van der Waals surface area contributed by atoms with Gasteiger partial charge >= 0.3 is 0 Å². The first-order valence-corrected chi connectivity index (χ1v) is 9.04. The van der Waals surface area contributed by atoms with Gasteiger partial charge in [0.25, 0.3) is 5.91 Å². The van der Waals surface area contributed by atoms with E-state index < -0.39 is 0 Å². The van der Waals surface area contributed by atoms with Crippen LogP contribution in [0.1, 0.15) is 28.6 Å². The maximum Gasteiger partial charge on any atom is 0.270 e. The van der Waals surface area contributed by atoms with Gasteiger partial charge in [-0.15, -0.1) is 5.10 Å². The molecule has 0 unspecified atom stereocenters. The number of hydrogen-bond acceptors (Lipinski definition) is 4. The number of carbonyl (C=O) groups is 1. The minimum atomic E-state index is 0.0167. The predicted octanol–water partition coefficient (Wildman–Crippen LogP) is 2.41. The molecule has 2 aliphatic rings. The molecule has 4 heterocycles. The Morgan fingerprint density at radius 2 is 2.23 bits per heavy atom. The Labute approximate surface area is 155 Å². The molecule has 134 valence electrons. The van der Waals surface area contributed by atoms with Crippen LogP contribution in [0.5, 0.6) is 0 Å². The van der Waals surface area contributed by atoms with E-state index in [2.05, 4.69) is 10.3 Å². The summed E-state index contributed by atoms with van der Waals surface area (Å²) >= 11 is 6.10. The Balaban J connectivity index is 1.46. The van der Waals surface area contributed by atoms with Crippen LogP contribution in [-0.2, 0) is 18.4 Å². The van der Waals surface area contributed by atoms with Gasteiger partial charge in [0.15, 0.2) is 0 Å². The van der Waals surface area contributed by atoms with Gasteiger partial charge in [-0.05, 0) is 24.6 Å². The van der Waals surface area contributed by atoms with Gasteiger partial charge in [0.2, 0.25) is 0 Å². The van der Waals surface area contributed by atoms with E-state index in [9.17, 15) is 4.79 Å². The number of halogens is 1. The lowest BCUT2D eigenvalue weighted by Crippen LogP contribution is -2.50. The maximum atomic E-state index is 13.2. The average molecular weight is 372 g/mol. The van der Waals surface area contributed by atoms with Gasteiger partial charge in [-0.1, -0.05) is 22.9 Å². The zero-order valence-electron chi connectivity index (χ0n) is 14.3. The van der Waals surface area contributed by atoms with Crippen LogP contribution >= 0.6 is 11.6 Å². The molecular formula is C18H18ClN5O2. The van der Waals surface area contributed by atoms with E-state index in [1.807, 2.05) is 45.5 Å². The third-order valence-electron chi connectivity index (χ3n) is 5.44. The molecule has 1 aromatic carbocycles. The van der Waals surface area contributed by atoms with Crippen molar-refractivity contribution in [2.45, 2.75) is 25.2 Å². The fourth-order valence-electron chi connectivity index (χ4n) is 4.03. The molecular weight excluding hydrogens is 354 g/mol. The highest BCUT2D eigenvalue weighted by atomic mass is 35.5. The van der Waals surface area contributed by atoms with Crippen LogP contribution in [0.3, 0.4) is 0 Å². The average Bonchev–Trinajstić information content (AvgIpc) is 3.26. The molecule has 2 aromatic heterocycles. The molecule has 5 rings (SSSR count). The Morgan fingerprint density at radius 1 is 1.35 bits per heavy atom. The number of ether oxygens (including phenoxy) is 1. The molecule has 7 nitrogen and oxygen atoms in total. The quantitative estimate of drug-likeness (QED) is 0.659. The number of carbonyl (C=O) groups excluding carboxylic acids is 1. The molecule has 1 amide bonds. The van der Waals surface area contributed by atoms with Crippen LogP contribution in [0, 0.1) is 0 Å². The van der Waals surface area contributed by atoms with Crippen molar-refractivity contribution in [3.8, 4) is 0 Å². The number of aromatic nitrogens is 4. The van der Waals surface area contributed by atoms with Crippen molar-refractivity contribution in [2.75, 3.05) is 13.1 Å². The number of aryl methyl sites for hydroxylation is 1. The standard InChI is InChI=1S/C18H18ClN5O2/c1-22-14-7-12(19)3-2-11(14)6-15(22)18(25)23-5-4-17-16(9-23)24-13(10-26-17)8-20-21-24/h2-3,6-8,16-17H,4-5,9-10H2,1H3/t16-,17+/m1/s1. The maximum absolute atomic E-state index is 13.2. The topological polar surface area (TPSA) is 65.2 Å². The zero-order valence-corrected chi connectivity index (χ0v) is 15.1. The van der Waals surface area contributed by atoms with Gasteiger partial charge in [-0.2, -0.15) is 0 Å². The minimum absolute atomic E-state index is 0.0167. The molecule has 26 heavy (non-hydrogen) atoms. The van der Waals surface area contributed by atoms with Crippen molar-refractivity contribution in [2.24, 2.45) is 7.05 Å². The fourth-order valence-corrected chi connectivity index (χ4v) is 4.20. The van der Waals surface area contributed by atoms with E-state index in [1.165, 1.54) is 0 Å². The second-order valence-corrected chi connectivity index (χ2v) is 7.35. The summed E-state index contributed by atoms with van der Waals surface area (Å²) < 4.78 is 9.75. The molecule has 0 saturated carbocycles. The molecule has 0 bridgehead atoms. The van der Waals surface area contributed by atoms with Crippen LogP contribution in [-0.4, -0.2) is 49.6 Å². The van der Waals surface area contributed by atoms with Crippen molar-refractivity contribution in [1.29, 1.82) is 0 Å². The zero-order chi connectivity index (χ0) is 17.8. The van der Waals surface area contributed by atoms with Gasteiger partial charge in [-0.25, -0.2) is 4.68 Å². The third-order valence-corrected chi connectivity index (χ3v) is 5.68. The fraction of sp³-hybridized carbons (Fsp3) is 0.389. The summed E-state index contributed by atoms with van der Waals surface area (Å²) in [5.74, 6) is 0.0190. The van der Waals surface area contributed by atoms with E-state index in [1.54, 1.807) is 6.20 Å². The van der Waals surface area contributed by atoms with Crippen molar-refractivity contribution in [3.63, 3.8) is 0 Å². The van der Waals surface area contributed by atoms with Gasteiger partial charge < -0.3 is 14.2 Å². The van der Waals surface area contributed by atoms with Crippen LogP contribution in [0.25, 0.3) is 10.9 Å². The Morgan fingerprint density at radius 3 is 3.12 bits per heavy atom. The molecule has 0 N–H and O–H groups in total. The van der Waals surface area contributed by atoms with Gasteiger partial charge in [0.1, 0.15) is 5.69 Å². The van der Waals surface area contributed by atoms with E-state index >= 15 is 0 Å². The molecule has 0 radical (unpaired) electrons. The third kappa shape index (κ3) is 2.34. The largest absolute Gasteiger partial charge is 0.370 e. The summed E-state index contributed by atoms with van der Waals surface area (Å²) in [6.45, 7) is 1.78. The van der Waals surface area contributed by atoms with E-state index in [4.69, 9.17) is 16.3 Å². The molecule has 2 aliphatic heterocycles. The molecule has 8 heteroatoms. The highest BCUT2D eigenvalue weighted by molar-refractivity contribution is 6.31. The summed E-state index contributed by atoms with van der Waals surface area (Å²) in [7, 11) is 1.90. The molecule has 3 aromatic rings. The minimum Gasteiger partial charge on any atom is -0.370 e. The predicted molar refractivity (Wildman–Crippen MR) is 96.1 cm³/mol. The highest BCUT2D eigenvalue weighted by Gasteiger charge is 2.38. The van der Waals surface area contributed by atoms with Crippen molar-refractivity contribution >= 4 is 28.4 Å². The van der Waals surface area contributed by atoms with Crippen molar-refractivity contribution in [3.05, 3.63) is 46.9 Å². The summed E-state index contributed by atoms with van der Waals surface area (Å²) in [4.78, 5) is 15.1. The Bertz CT molecular complexity index is 1010. The smallest absolute Gasteiger partial charge is 0.270 e. The van der Waals surface area contributed by atoms with Gasteiger partial charge in [-0.3, -0.25) is 4.79 Å². The van der Waals surface area contributed by atoms with Crippen molar-refractivity contribution in [1.82, 2.24) is 24.5 Å². The first-order valence-electron chi connectivity index (χ1n) is 8.67.